The molecule has 0 aromatic heterocycles. The Bertz CT molecular complexity index is 1250. The van der Waals surface area contributed by atoms with Gasteiger partial charge in [-0.25, -0.2) is 0 Å². The monoisotopic (exact) mass is 1020 g/mol. The van der Waals surface area contributed by atoms with Gasteiger partial charge in [0.1, 0.15) is 0 Å². The molecular formula is C69H127NO3. The highest BCUT2D eigenvalue weighted by Crippen LogP contribution is 2.18. The molecule has 2 atom stereocenters. The average molecular weight is 1020 g/mol. The molecule has 0 rings (SSSR count). The summed E-state index contributed by atoms with van der Waals surface area (Å²) in [5.74, 6) is -0.0581. The molecule has 0 aliphatic rings. The summed E-state index contributed by atoms with van der Waals surface area (Å²) >= 11 is 0. The number of unbranched alkanes of at least 4 members (excludes halogenated alkanes) is 43. The molecule has 0 aromatic rings. The SMILES string of the molecule is CC/C=C\C/C=C\C/C=C\C/C=C\C/C=C\CCCCCCCCCCCCCCCCCCCCCCCCCCCC(=O)NC(CO)C(O)/C=C/CCCCCCCCCCCCCCCCCCCC. The quantitative estimate of drug-likeness (QED) is 0.0420. The Morgan fingerprint density at radius 3 is 0.904 bits per heavy atom. The molecule has 73 heavy (non-hydrogen) atoms. The molecule has 0 saturated carbocycles. The van der Waals surface area contributed by atoms with Gasteiger partial charge in [-0.2, -0.15) is 0 Å². The van der Waals surface area contributed by atoms with Crippen molar-refractivity contribution in [2.75, 3.05) is 6.61 Å². The van der Waals surface area contributed by atoms with E-state index in [0.29, 0.717) is 6.42 Å². The number of carbonyl (C=O) groups excluding carboxylic acids is 1. The van der Waals surface area contributed by atoms with E-state index in [0.717, 1.165) is 57.8 Å². The van der Waals surface area contributed by atoms with Crippen LogP contribution in [0.4, 0.5) is 0 Å². The minimum atomic E-state index is -0.840. The van der Waals surface area contributed by atoms with Gasteiger partial charge < -0.3 is 15.5 Å². The van der Waals surface area contributed by atoms with E-state index in [4.69, 9.17) is 0 Å². The van der Waals surface area contributed by atoms with Crippen LogP contribution in [0.1, 0.15) is 341 Å². The summed E-state index contributed by atoms with van der Waals surface area (Å²) < 4.78 is 0. The third-order valence-corrected chi connectivity index (χ3v) is 14.9. The first-order chi connectivity index (χ1) is 36.2. The molecule has 0 fully saturated rings. The van der Waals surface area contributed by atoms with Gasteiger partial charge in [-0.1, -0.05) is 344 Å². The molecule has 0 aliphatic carbocycles. The highest BCUT2D eigenvalue weighted by molar-refractivity contribution is 5.76. The molecule has 426 valence electrons. The number of hydrogen-bond donors (Lipinski definition) is 3. The zero-order valence-corrected chi connectivity index (χ0v) is 49.2. The van der Waals surface area contributed by atoms with E-state index in [1.165, 1.54) is 263 Å². The summed E-state index contributed by atoms with van der Waals surface area (Å²) in [5, 5.41) is 23.2. The lowest BCUT2D eigenvalue weighted by Gasteiger charge is -2.20. The van der Waals surface area contributed by atoms with Crippen molar-refractivity contribution in [3.05, 3.63) is 72.9 Å². The van der Waals surface area contributed by atoms with E-state index < -0.39 is 12.1 Å². The Morgan fingerprint density at radius 1 is 0.342 bits per heavy atom. The molecule has 4 heteroatoms. The molecule has 0 bridgehead atoms. The maximum atomic E-state index is 12.5. The van der Waals surface area contributed by atoms with Crippen molar-refractivity contribution in [2.45, 2.75) is 353 Å². The number of amides is 1. The van der Waals surface area contributed by atoms with E-state index in [-0.39, 0.29) is 12.5 Å². The van der Waals surface area contributed by atoms with E-state index in [9.17, 15) is 15.0 Å². The van der Waals surface area contributed by atoms with Gasteiger partial charge in [-0.3, -0.25) is 4.79 Å². The Hall–Kier alpha value is -2.17. The maximum absolute atomic E-state index is 12.5. The second kappa shape index (κ2) is 64.1. The predicted octanol–water partition coefficient (Wildman–Crippen LogP) is 22.1. The van der Waals surface area contributed by atoms with Crippen LogP contribution in [-0.4, -0.2) is 34.9 Å². The van der Waals surface area contributed by atoms with Crippen LogP contribution in [0.2, 0.25) is 0 Å². The predicted molar refractivity (Wildman–Crippen MR) is 327 cm³/mol. The van der Waals surface area contributed by atoms with Gasteiger partial charge in [0, 0.05) is 6.42 Å². The van der Waals surface area contributed by atoms with E-state index >= 15 is 0 Å². The third kappa shape index (κ3) is 60.6. The van der Waals surface area contributed by atoms with Crippen molar-refractivity contribution in [1.29, 1.82) is 0 Å². The summed E-state index contributed by atoms with van der Waals surface area (Å²) in [6, 6.07) is -0.623. The van der Waals surface area contributed by atoms with Gasteiger partial charge in [0.2, 0.25) is 5.91 Å². The van der Waals surface area contributed by atoms with Crippen molar-refractivity contribution in [3.63, 3.8) is 0 Å². The number of aliphatic hydroxyl groups excluding tert-OH is 2. The standard InChI is InChI=1S/C69H127NO3/c1-3-5-7-9-11-13-15-17-19-21-23-25-26-27-28-29-30-31-32-33-34-35-36-37-38-39-40-41-42-43-44-45-47-49-51-53-55-57-59-61-63-65-69(73)70-67(66-71)68(72)64-62-60-58-56-54-52-50-48-46-24-22-20-18-16-14-12-10-8-6-4-2/h5,7,11,13,17,19,23,25,27-28,62,64,67-68,71-72H,3-4,6,8-10,12,14-16,18,20-22,24,26,29-61,63,65-66H2,1-2H3,(H,70,73)/b7-5-,13-11-,19-17-,25-23-,28-27-,64-62+. The number of rotatable bonds is 60. The van der Waals surface area contributed by atoms with Crippen LogP contribution in [0.3, 0.4) is 0 Å². The van der Waals surface area contributed by atoms with Crippen LogP contribution in [-0.2, 0) is 4.79 Å². The summed E-state index contributed by atoms with van der Waals surface area (Å²) in [5.41, 5.74) is 0. The molecule has 0 spiro atoms. The van der Waals surface area contributed by atoms with Crippen molar-refractivity contribution in [1.82, 2.24) is 5.32 Å². The van der Waals surface area contributed by atoms with Crippen LogP contribution >= 0.6 is 0 Å². The van der Waals surface area contributed by atoms with Crippen molar-refractivity contribution < 1.29 is 15.0 Å². The van der Waals surface area contributed by atoms with Crippen molar-refractivity contribution >= 4 is 5.91 Å². The van der Waals surface area contributed by atoms with Crippen LogP contribution < -0.4 is 5.32 Å². The third-order valence-electron chi connectivity index (χ3n) is 14.9. The largest absolute Gasteiger partial charge is 0.394 e. The summed E-state index contributed by atoms with van der Waals surface area (Å²) in [6.45, 7) is 4.22. The first kappa shape index (κ1) is 70.8. The second-order valence-corrected chi connectivity index (χ2v) is 22.2. The highest BCUT2D eigenvalue weighted by atomic mass is 16.3. The lowest BCUT2D eigenvalue weighted by atomic mass is 10.0. The van der Waals surface area contributed by atoms with E-state index in [1.807, 2.05) is 6.08 Å². The zero-order chi connectivity index (χ0) is 52.7. The Labute approximate surface area is 457 Å². The molecule has 2 unspecified atom stereocenters. The highest BCUT2D eigenvalue weighted by Gasteiger charge is 2.18. The molecule has 0 heterocycles. The summed E-state index contributed by atoms with van der Waals surface area (Å²) in [4.78, 5) is 12.5. The molecule has 0 aromatic carbocycles. The number of carbonyl (C=O) groups is 1. The molecule has 0 aliphatic heterocycles. The zero-order valence-electron chi connectivity index (χ0n) is 49.2. The van der Waals surface area contributed by atoms with Gasteiger partial charge in [0.05, 0.1) is 18.8 Å². The Balaban J connectivity index is 3.42. The summed E-state index contributed by atoms with van der Waals surface area (Å²) in [7, 11) is 0. The molecule has 0 radical (unpaired) electrons. The number of nitrogens with one attached hydrogen (secondary N) is 1. The lowest BCUT2D eigenvalue weighted by molar-refractivity contribution is -0.123. The number of aliphatic hydroxyl groups is 2. The summed E-state index contributed by atoms with van der Waals surface area (Å²) in [6.07, 6.45) is 92.5. The second-order valence-electron chi connectivity index (χ2n) is 22.2. The fourth-order valence-corrected chi connectivity index (χ4v) is 10.0. The minimum absolute atomic E-state index is 0.0581. The van der Waals surface area contributed by atoms with Gasteiger partial charge in [-0.05, 0) is 64.2 Å². The smallest absolute Gasteiger partial charge is 0.220 e. The Morgan fingerprint density at radius 2 is 0.603 bits per heavy atom. The van der Waals surface area contributed by atoms with Gasteiger partial charge in [0.15, 0.2) is 0 Å². The normalized spacial score (nSPS) is 13.2. The topological polar surface area (TPSA) is 69.6 Å². The van der Waals surface area contributed by atoms with Gasteiger partial charge in [-0.15, -0.1) is 0 Å². The van der Waals surface area contributed by atoms with Crippen LogP contribution in [0.15, 0.2) is 72.9 Å². The fraction of sp³-hybridized carbons (Fsp3) is 0.812. The fourth-order valence-electron chi connectivity index (χ4n) is 10.0. The number of hydrogen-bond acceptors (Lipinski definition) is 3. The molecular weight excluding hydrogens is 891 g/mol. The molecule has 1 amide bonds. The van der Waals surface area contributed by atoms with Crippen LogP contribution in [0.5, 0.6) is 0 Å². The average Bonchev–Trinajstić information content (AvgIpc) is 3.40. The first-order valence-electron chi connectivity index (χ1n) is 32.7. The van der Waals surface area contributed by atoms with Gasteiger partial charge in [0.25, 0.3) is 0 Å². The first-order valence-corrected chi connectivity index (χ1v) is 32.7. The maximum Gasteiger partial charge on any atom is 0.220 e. The molecule has 0 saturated heterocycles. The molecule has 4 nitrogen and oxygen atoms in total. The van der Waals surface area contributed by atoms with E-state index in [2.05, 4.69) is 79.9 Å². The molecule has 3 N–H and O–H groups in total. The van der Waals surface area contributed by atoms with Crippen molar-refractivity contribution in [2.24, 2.45) is 0 Å². The lowest BCUT2D eigenvalue weighted by Crippen LogP contribution is -2.45. The van der Waals surface area contributed by atoms with Crippen LogP contribution in [0, 0.1) is 0 Å². The Kier molecular flexibility index (Phi) is 62.2. The number of allylic oxidation sites excluding steroid dienone is 11. The van der Waals surface area contributed by atoms with Crippen molar-refractivity contribution in [3.8, 4) is 0 Å². The van der Waals surface area contributed by atoms with Gasteiger partial charge >= 0.3 is 0 Å². The van der Waals surface area contributed by atoms with Crippen LogP contribution in [0.25, 0.3) is 0 Å². The van der Waals surface area contributed by atoms with E-state index in [1.54, 1.807) is 6.08 Å². The minimum Gasteiger partial charge on any atom is -0.394 e.